The molecule has 0 bridgehead atoms. The van der Waals surface area contributed by atoms with E-state index >= 15 is 0 Å². The van der Waals surface area contributed by atoms with Gasteiger partial charge in [0.2, 0.25) is 15.9 Å². The van der Waals surface area contributed by atoms with Gasteiger partial charge in [-0.05, 0) is 80.8 Å². The molecule has 7 heteroatoms. The number of sulfonamides is 1. The van der Waals surface area contributed by atoms with E-state index in [4.69, 9.17) is 0 Å². The van der Waals surface area contributed by atoms with Crippen molar-refractivity contribution in [3.63, 3.8) is 0 Å². The van der Waals surface area contributed by atoms with Gasteiger partial charge < -0.3 is 5.32 Å². The van der Waals surface area contributed by atoms with Crippen LogP contribution in [0.2, 0.25) is 0 Å². The number of hydrogen-bond acceptors (Lipinski definition) is 3. The topological polar surface area (TPSA) is 66.5 Å². The summed E-state index contributed by atoms with van der Waals surface area (Å²) >= 11 is 3.55. The Labute approximate surface area is 200 Å². The zero-order valence-corrected chi connectivity index (χ0v) is 22.0. The fourth-order valence-electron chi connectivity index (χ4n) is 4.75. The number of rotatable bonds is 6. The molecule has 1 aliphatic heterocycles. The van der Waals surface area contributed by atoms with Gasteiger partial charge >= 0.3 is 0 Å². The van der Waals surface area contributed by atoms with Crippen molar-refractivity contribution in [2.75, 3.05) is 18.4 Å². The average Bonchev–Trinajstić information content (AvgIpc) is 2.73. The Balaban J connectivity index is 1.85. The molecule has 1 aliphatic rings. The molecule has 5 nitrogen and oxygen atoms in total. The van der Waals surface area contributed by atoms with E-state index in [0.29, 0.717) is 24.3 Å². The van der Waals surface area contributed by atoms with Crippen LogP contribution in [0.25, 0.3) is 0 Å². The van der Waals surface area contributed by atoms with Crippen LogP contribution in [0.4, 0.5) is 5.69 Å². The summed E-state index contributed by atoms with van der Waals surface area (Å²) in [6, 6.07) is 7.88. The minimum atomic E-state index is -3.66. The van der Waals surface area contributed by atoms with Crippen LogP contribution < -0.4 is 5.32 Å². The highest BCUT2D eigenvalue weighted by Gasteiger charge is 2.35. The number of carbonyl (C=O) groups is 1. The van der Waals surface area contributed by atoms with E-state index in [-0.39, 0.29) is 18.4 Å². The van der Waals surface area contributed by atoms with E-state index < -0.39 is 10.0 Å². The first kappa shape index (κ1) is 24.9. The molecule has 0 radical (unpaired) electrons. The van der Waals surface area contributed by atoms with Crippen molar-refractivity contribution < 1.29 is 13.2 Å². The normalized spacial score (nSPS) is 17.4. The molecule has 32 heavy (non-hydrogen) atoms. The average molecular weight is 522 g/mol. The van der Waals surface area contributed by atoms with Crippen molar-refractivity contribution in [1.82, 2.24) is 4.31 Å². The summed E-state index contributed by atoms with van der Waals surface area (Å²) in [6.45, 7) is 10.4. The molecule has 174 valence electrons. The van der Waals surface area contributed by atoms with E-state index in [9.17, 15) is 13.2 Å². The monoisotopic (exact) mass is 520 g/mol. The summed E-state index contributed by atoms with van der Waals surface area (Å²) in [5, 5.41) is 3.14. The van der Waals surface area contributed by atoms with Crippen LogP contribution in [-0.4, -0.2) is 31.7 Å². The molecule has 2 aromatic rings. The number of benzene rings is 2. The van der Waals surface area contributed by atoms with Crippen LogP contribution in [0, 0.1) is 26.7 Å². The Morgan fingerprint density at radius 3 is 2.16 bits per heavy atom. The largest absolute Gasteiger partial charge is 0.325 e. The SMILES string of the molecule is CCc1cc(Br)cc(CC)c1NC(=O)[C@@H]1CCCN(S(=O)(=O)c2c(C)cc(C)cc2C)C1. The lowest BCUT2D eigenvalue weighted by molar-refractivity contribution is -0.120. The predicted molar refractivity (Wildman–Crippen MR) is 134 cm³/mol. The Morgan fingerprint density at radius 2 is 1.62 bits per heavy atom. The molecule has 0 aliphatic carbocycles. The number of amides is 1. The van der Waals surface area contributed by atoms with Crippen molar-refractivity contribution in [3.8, 4) is 0 Å². The highest BCUT2D eigenvalue weighted by atomic mass is 79.9. The first-order chi connectivity index (χ1) is 15.1. The minimum absolute atomic E-state index is 0.103. The van der Waals surface area contributed by atoms with Crippen LogP contribution in [0.5, 0.6) is 0 Å². The third-order valence-corrected chi connectivity index (χ3v) is 8.86. The molecule has 1 saturated heterocycles. The molecular formula is C25H33BrN2O3S. The molecule has 2 aromatic carbocycles. The van der Waals surface area contributed by atoms with E-state index in [1.54, 1.807) is 0 Å². The molecule has 1 atom stereocenters. The van der Waals surface area contributed by atoms with E-state index in [0.717, 1.165) is 50.8 Å². The van der Waals surface area contributed by atoms with Crippen LogP contribution in [0.3, 0.4) is 0 Å². The number of halogens is 1. The first-order valence-electron chi connectivity index (χ1n) is 11.3. The summed E-state index contributed by atoms with van der Waals surface area (Å²) in [5.74, 6) is -0.475. The number of nitrogens with zero attached hydrogens (tertiary/aromatic N) is 1. The third kappa shape index (κ3) is 5.10. The minimum Gasteiger partial charge on any atom is -0.325 e. The number of carbonyl (C=O) groups excluding carboxylic acids is 1. The maximum atomic E-state index is 13.5. The van der Waals surface area contributed by atoms with E-state index in [1.807, 2.05) is 45.0 Å². The van der Waals surface area contributed by atoms with Gasteiger partial charge in [-0.15, -0.1) is 0 Å². The van der Waals surface area contributed by atoms with Crippen molar-refractivity contribution in [3.05, 3.63) is 56.6 Å². The Bertz CT molecular complexity index is 1080. The standard InChI is InChI=1S/C25H33BrN2O3S/c1-6-19-13-22(26)14-20(7-2)23(19)27-25(29)21-9-8-10-28(15-21)32(30,31)24-17(4)11-16(3)12-18(24)5/h11-14,21H,6-10,15H2,1-5H3,(H,27,29)/t21-/m1/s1. The molecule has 0 aromatic heterocycles. The van der Waals surface area contributed by atoms with Crippen LogP contribution in [0.1, 0.15) is 54.5 Å². The summed E-state index contributed by atoms with van der Waals surface area (Å²) in [7, 11) is -3.66. The second-order valence-corrected chi connectivity index (χ2v) is 11.5. The van der Waals surface area contributed by atoms with Gasteiger partial charge in [0.05, 0.1) is 10.8 Å². The number of anilines is 1. The number of piperidine rings is 1. The quantitative estimate of drug-likeness (QED) is 0.543. The molecule has 0 saturated carbocycles. The zero-order valence-electron chi connectivity index (χ0n) is 19.6. The van der Waals surface area contributed by atoms with Crippen molar-refractivity contribution >= 4 is 37.5 Å². The maximum Gasteiger partial charge on any atom is 0.243 e. The molecule has 1 N–H and O–H groups in total. The van der Waals surface area contributed by atoms with E-state index in [1.165, 1.54) is 4.31 Å². The van der Waals surface area contributed by atoms with E-state index in [2.05, 4.69) is 35.1 Å². The molecule has 1 amide bonds. The van der Waals surface area contributed by atoms with Gasteiger partial charge in [0.15, 0.2) is 0 Å². The van der Waals surface area contributed by atoms with Crippen molar-refractivity contribution in [2.24, 2.45) is 5.92 Å². The Morgan fingerprint density at radius 1 is 1.06 bits per heavy atom. The van der Waals surface area contributed by atoms with Crippen LogP contribution in [-0.2, 0) is 27.7 Å². The summed E-state index contributed by atoms with van der Waals surface area (Å²) in [5.41, 5.74) is 5.58. The molecular weight excluding hydrogens is 488 g/mol. The predicted octanol–water partition coefficient (Wildman–Crippen LogP) is 5.54. The number of nitrogens with one attached hydrogen (secondary N) is 1. The second kappa shape index (κ2) is 10.1. The van der Waals surface area contributed by atoms with Gasteiger partial charge in [0, 0.05) is 23.2 Å². The maximum absolute atomic E-state index is 13.5. The number of aryl methyl sites for hydroxylation is 5. The van der Waals surface area contributed by atoms with Crippen LogP contribution >= 0.6 is 15.9 Å². The smallest absolute Gasteiger partial charge is 0.243 e. The Hall–Kier alpha value is -1.70. The fraction of sp³-hybridized carbons (Fsp3) is 0.480. The lowest BCUT2D eigenvalue weighted by Gasteiger charge is -2.32. The lowest BCUT2D eigenvalue weighted by atomic mass is 9.97. The highest BCUT2D eigenvalue weighted by Crippen LogP contribution is 2.31. The highest BCUT2D eigenvalue weighted by molar-refractivity contribution is 9.10. The second-order valence-electron chi connectivity index (χ2n) is 8.73. The van der Waals surface area contributed by atoms with Gasteiger partial charge in [-0.25, -0.2) is 8.42 Å². The van der Waals surface area contributed by atoms with Crippen molar-refractivity contribution in [2.45, 2.75) is 65.2 Å². The van der Waals surface area contributed by atoms with Crippen molar-refractivity contribution in [1.29, 1.82) is 0 Å². The summed E-state index contributed by atoms with van der Waals surface area (Å²) < 4.78 is 29.5. The van der Waals surface area contributed by atoms with Gasteiger partial charge in [-0.3, -0.25) is 4.79 Å². The van der Waals surface area contributed by atoms with Crippen LogP contribution in [0.15, 0.2) is 33.6 Å². The van der Waals surface area contributed by atoms with Gasteiger partial charge in [-0.1, -0.05) is 47.5 Å². The first-order valence-corrected chi connectivity index (χ1v) is 13.5. The fourth-order valence-corrected chi connectivity index (χ4v) is 7.23. The molecule has 3 rings (SSSR count). The van der Waals surface area contributed by atoms with Gasteiger partial charge in [-0.2, -0.15) is 4.31 Å². The number of hydrogen-bond donors (Lipinski definition) is 1. The third-order valence-electron chi connectivity index (χ3n) is 6.23. The molecule has 1 fully saturated rings. The molecule has 0 unspecified atom stereocenters. The lowest BCUT2D eigenvalue weighted by Crippen LogP contribution is -2.44. The Kier molecular flexibility index (Phi) is 7.84. The summed E-state index contributed by atoms with van der Waals surface area (Å²) in [4.78, 5) is 13.6. The van der Waals surface area contributed by atoms with Gasteiger partial charge in [0.1, 0.15) is 0 Å². The van der Waals surface area contributed by atoms with Gasteiger partial charge in [0.25, 0.3) is 0 Å². The summed E-state index contributed by atoms with van der Waals surface area (Å²) in [6.07, 6.45) is 2.96. The zero-order chi connectivity index (χ0) is 23.6. The molecule has 0 spiro atoms. The molecule has 1 heterocycles.